The summed E-state index contributed by atoms with van der Waals surface area (Å²) in [5, 5.41) is 0. The summed E-state index contributed by atoms with van der Waals surface area (Å²) in [4.78, 5) is 11.0. The lowest BCUT2D eigenvalue weighted by Gasteiger charge is -2.28. The third kappa shape index (κ3) is 2.77. The second kappa shape index (κ2) is 3.75. The molecule has 1 aliphatic heterocycles. The van der Waals surface area contributed by atoms with Crippen LogP contribution in [0.5, 0.6) is 0 Å². The van der Waals surface area contributed by atoms with Crippen molar-refractivity contribution in [2.45, 2.75) is 19.8 Å². The monoisotopic (exact) mass is 205 g/mol. The first-order valence-electron chi connectivity index (χ1n) is 4.37. The van der Waals surface area contributed by atoms with Gasteiger partial charge in [-0.1, -0.05) is 0 Å². The van der Waals surface area contributed by atoms with Gasteiger partial charge in [-0.25, -0.2) is 12.7 Å². The Labute approximate surface area is 79.0 Å². The molecule has 0 unspecified atom stereocenters. The molecule has 0 atom stereocenters. The van der Waals surface area contributed by atoms with Crippen LogP contribution in [0, 0.1) is 5.92 Å². The van der Waals surface area contributed by atoms with E-state index in [4.69, 9.17) is 0 Å². The Bertz CT molecular complexity index is 289. The third-order valence-electron chi connectivity index (χ3n) is 2.50. The molecule has 5 heteroatoms. The maximum absolute atomic E-state index is 11.1. The van der Waals surface area contributed by atoms with Crippen LogP contribution in [0.15, 0.2) is 0 Å². The number of hydrogen-bond acceptors (Lipinski definition) is 3. The van der Waals surface area contributed by atoms with Crippen LogP contribution in [0.1, 0.15) is 19.8 Å². The first-order chi connectivity index (χ1) is 5.91. The Hall–Kier alpha value is -0.420. The molecule has 1 fully saturated rings. The highest BCUT2D eigenvalue weighted by atomic mass is 32.2. The smallest absolute Gasteiger partial charge is 0.211 e. The summed E-state index contributed by atoms with van der Waals surface area (Å²) in [6.07, 6.45) is 2.55. The van der Waals surface area contributed by atoms with Crippen LogP contribution in [-0.2, 0) is 14.8 Å². The van der Waals surface area contributed by atoms with Crippen LogP contribution in [-0.4, -0.2) is 37.9 Å². The number of piperidine rings is 1. The van der Waals surface area contributed by atoms with Crippen LogP contribution in [0.3, 0.4) is 0 Å². The Morgan fingerprint density at radius 1 is 1.31 bits per heavy atom. The zero-order valence-electron chi connectivity index (χ0n) is 7.99. The second-order valence-corrected chi connectivity index (χ2v) is 5.53. The minimum atomic E-state index is -3.05. The van der Waals surface area contributed by atoms with Gasteiger partial charge in [-0.15, -0.1) is 0 Å². The maximum Gasteiger partial charge on any atom is 0.211 e. The van der Waals surface area contributed by atoms with E-state index >= 15 is 0 Å². The van der Waals surface area contributed by atoms with E-state index in [0.717, 1.165) is 0 Å². The molecule has 0 aromatic rings. The fourth-order valence-corrected chi connectivity index (χ4v) is 2.47. The van der Waals surface area contributed by atoms with E-state index in [1.54, 1.807) is 6.92 Å². The molecule has 76 valence electrons. The predicted octanol–water partition coefficient (Wildman–Crippen LogP) is 0.247. The van der Waals surface area contributed by atoms with Gasteiger partial charge in [-0.3, -0.25) is 4.79 Å². The molecular formula is C8H15NO3S. The van der Waals surface area contributed by atoms with E-state index < -0.39 is 10.0 Å². The second-order valence-electron chi connectivity index (χ2n) is 3.55. The summed E-state index contributed by atoms with van der Waals surface area (Å²) in [5.74, 6) is 0.242. The first-order valence-corrected chi connectivity index (χ1v) is 6.21. The molecule has 0 bridgehead atoms. The topological polar surface area (TPSA) is 54.5 Å². The van der Waals surface area contributed by atoms with E-state index in [-0.39, 0.29) is 11.7 Å². The molecule has 4 nitrogen and oxygen atoms in total. The predicted molar refractivity (Wildman–Crippen MR) is 49.8 cm³/mol. The van der Waals surface area contributed by atoms with Gasteiger partial charge in [-0.05, 0) is 19.8 Å². The number of carbonyl (C=O) groups is 1. The molecule has 1 heterocycles. The van der Waals surface area contributed by atoms with E-state index in [1.165, 1.54) is 10.6 Å². The normalized spacial score (nSPS) is 21.7. The van der Waals surface area contributed by atoms with Crippen LogP contribution in [0.4, 0.5) is 0 Å². The summed E-state index contributed by atoms with van der Waals surface area (Å²) in [7, 11) is -3.05. The van der Waals surface area contributed by atoms with Gasteiger partial charge in [0.1, 0.15) is 5.78 Å². The third-order valence-corrected chi connectivity index (χ3v) is 3.80. The average Bonchev–Trinajstić information content (AvgIpc) is 2.03. The van der Waals surface area contributed by atoms with Crippen LogP contribution < -0.4 is 0 Å². The van der Waals surface area contributed by atoms with E-state index in [1.807, 2.05) is 0 Å². The number of Topliss-reactive ketones (excluding diaryl/α,β-unsaturated/α-hetero) is 1. The molecule has 0 radical (unpaired) electrons. The Kier molecular flexibility index (Phi) is 3.08. The van der Waals surface area contributed by atoms with Crippen molar-refractivity contribution in [3.8, 4) is 0 Å². The van der Waals surface area contributed by atoms with Crippen LogP contribution in [0.25, 0.3) is 0 Å². The van der Waals surface area contributed by atoms with Crippen molar-refractivity contribution in [3.63, 3.8) is 0 Å². The van der Waals surface area contributed by atoms with Crippen LogP contribution in [0.2, 0.25) is 0 Å². The summed E-state index contributed by atoms with van der Waals surface area (Å²) >= 11 is 0. The minimum absolute atomic E-state index is 0.0676. The molecule has 0 aliphatic carbocycles. The lowest BCUT2D eigenvalue weighted by atomic mass is 9.95. The summed E-state index contributed by atoms with van der Waals surface area (Å²) in [6.45, 7) is 2.55. The number of sulfonamides is 1. The van der Waals surface area contributed by atoms with Crippen molar-refractivity contribution in [2.75, 3.05) is 19.3 Å². The number of ketones is 1. The average molecular weight is 205 g/mol. The maximum atomic E-state index is 11.1. The van der Waals surface area contributed by atoms with Gasteiger partial charge < -0.3 is 0 Å². The van der Waals surface area contributed by atoms with Gasteiger partial charge >= 0.3 is 0 Å². The van der Waals surface area contributed by atoms with Crippen molar-refractivity contribution in [1.29, 1.82) is 0 Å². The van der Waals surface area contributed by atoms with Gasteiger partial charge in [-0.2, -0.15) is 0 Å². The molecule has 13 heavy (non-hydrogen) atoms. The fraction of sp³-hybridized carbons (Fsp3) is 0.875. The SMILES string of the molecule is CC(=O)C1CCN(S(C)(=O)=O)CC1. The molecule has 0 spiro atoms. The van der Waals surface area contributed by atoms with Crippen molar-refractivity contribution >= 4 is 15.8 Å². The van der Waals surface area contributed by atoms with E-state index in [9.17, 15) is 13.2 Å². The number of nitrogens with zero attached hydrogens (tertiary/aromatic N) is 1. The molecule has 1 saturated heterocycles. The van der Waals surface area contributed by atoms with Gasteiger partial charge in [0.2, 0.25) is 10.0 Å². The highest BCUT2D eigenvalue weighted by Crippen LogP contribution is 2.19. The van der Waals surface area contributed by atoms with Crippen molar-refractivity contribution in [2.24, 2.45) is 5.92 Å². The van der Waals surface area contributed by atoms with Crippen molar-refractivity contribution < 1.29 is 13.2 Å². The van der Waals surface area contributed by atoms with E-state index in [2.05, 4.69) is 0 Å². The lowest BCUT2D eigenvalue weighted by molar-refractivity contribution is -0.121. The molecule has 0 aromatic heterocycles. The summed E-state index contributed by atoms with van der Waals surface area (Å²) in [5.41, 5.74) is 0. The fourth-order valence-electron chi connectivity index (χ4n) is 1.59. The van der Waals surface area contributed by atoms with E-state index in [0.29, 0.717) is 25.9 Å². The summed E-state index contributed by atoms with van der Waals surface area (Å²) < 4.78 is 23.6. The largest absolute Gasteiger partial charge is 0.300 e. The zero-order chi connectivity index (χ0) is 10.1. The Morgan fingerprint density at radius 2 is 1.77 bits per heavy atom. The Balaban J connectivity index is 2.53. The number of hydrogen-bond donors (Lipinski definition) is 0. The highest BCUT2D eigenvalue weighted by Gasteiger charge is 2.26. The molecule has 1 rings (SSSR count). The summed E-state index contributed by atoms with van der Waals surface area (Å²) in [6, 6.07) is 0. The standard InChI is InChI=1S/C8H15NO3S/c1-7(10)8-3-5-9(6-4-8)13(2,11)12/h8H,3-6H2,1-2H3. The number of rotatable bonds is 2. The molecule has 0 saturated carbocycles. The van der Waals surface area contributed by atoms with Gasteiger partial charge in [0.05, 0.1) is 6.26 Å². The molecule has 0 amide bonds. The molecule has 0 aromatic carbocycles. The zero-order valence-corrected chi connectivity index (χ0v) is 8.80. The van der Waals surface area contributed by atoms with Crippen LogP contribution >= 0.6 is 0 Å². The lowest BCUT2D eigenvalue weighted by Crippen LogP contribution is -2.39. The molecular weight excluding hydrogens is 190 g/mol. The molecule has 1 aliphatic rings. The van der Waals surface area contributed by atoms with Gasteiger partial charge in [0.25, 0.3) is 0 Å². The number of carbonyl (C=O) groups excluding carboxylic acids is 1. The quantitative estimate of drug-likeness (QED) is 0.649. The highest BCUT2D eigenvalue weighted by molar-refractivity contribution is 7.88. The van der Waals surface area contributed by atoms with Crippen molar-refractivity contribution in [1.82, 2.24) is 4.31 Å². The first kappa shape index (κ1) is 10.7. The van der Waals surface area contributed by atoms with Gasteiger partial charge in [0, 0.05) is 19.0 Å². The minimum Gasteiger partial charge on any atom is -0.300 e. The van der Waals surface area contributed by atoms with Gasteiger partial charge in [0.15, 0.2) is 0 Å². The van der Waals surface area contributed by atoms with Crippen molar-refractivity contribution in [3.05, 3.63) is 0 Å². The molecule has 0 N–H and O–H groups in total. The Morgan fingerprint density at radius 3 is 2.08 bits per heavy atom.